The minimum atomic E-state index is -3.48. The summed E-state index contributed by atoms with van der Waals surface area (Å²) in [7, 11) is -3.48. The molecular formula is C21H23ClN2O4S2. The molecule has 1 heterocycles. The van der Waals surface area contributed by atoms with Crippen LogP contribution in [0.2, 0.25) is 5.02 Å². The Balaban J connectivity index is 2.06. The van der Waals surface area contributed by atoms with Crippen molar-refractivity contribution in [2.24, 2.45) is 4.99 Å². The molecule has 30 heavy (non-hydrogen) atoms. The van der Waals surface area contributed by atoms with Crippen LogP contribution in [0.5, 0.6) is 0 Å². The molecule has 0 unspecified atom stereocenters. The second kappa shape index (κ2) is 9.43. The summed E-state index contributed by atoms with van der Waals surface area (Å²) in [4.78, 5) is 17.8. The van der Waals surface area contributed by atoms with E-state index in [4.69, 9.17) is 16.3 Å². The van der Waals surface area contributed by atoms with Crippen LogP contribution in [0.3, 0.4) is 0 Å². The number of halogens is 1. The highest BCUT2D eigenvalue weighted by Gasteiger charge is 2.20. The molecule has 0 fully saturated rings. The Kier molecular flexibility index (Phi) is 7.13. The number of rotatable bonds is 7. The van der Waals surface area contributed by atoms with E-state index in [1.165, 1.54) is 23.5 Å². The first kappa shape index (κ1) is 22.7. The molecule has 0 N–H and O–H groups in total. The Morgan fingerprint density at radius 2 is 2.00 bits per heavy atom. The minimum Gasteiger partial charge on any atom is -0.380 e. The Morgan fingerprint density at radius 1 is 1.23 bits per heavy atom. The summed E-state index contributed by atoms with van der Waals surface area (Å²) in [6, 6.07) is 11.5. The first-order chi connectivity index (χ1) is 14.2. The van der Waals surface area contributed by atoms with Crippen molar-refractivity contribution in [2.75, 3.05) is 13.2 Å². The molecule has 0 saturated heterocycles. The second-order valence-corrected chi connectivity index (χ2v) is 10.8. The molecule has 3 aromatic rings. The molecule has 6 nitrogen and oxygen atoms in total. The predicted octanol–water partition coefficient (Wildman–Crippen LogP) is 4.32. The molecule has 0 bridgehead atoms. The van der Waals surface area contributed by atoms with E-state index in [-0.39, 0.29) is 10.5 Å². The van der Waals surface area contributed by atoms with Gasteiger partial charge in [-0.15, -0.1) is 0 Å². The molecule has 0 atom stereocenters. The molecule has 3 rings (SSSR count). The van der Waals surface area contributed by atoms with Crippen molar-refractivity contribution in [3.8, 4) is 0 Å². The van der Waals surface area contributed by atoms with Gasteiger partial charge < -0.3 is 9.30 Å². The largest absolute Gasteiger partial charge is 0.380 e. The smallest absolute Gasteiger partial charge is 0.279 e. The van der Waals surface area contributed by atoms with Crippen molar-refractivity contribution in [1.82, 2.24) is 4.57 Å². The van der Waals surface area contributed by atoms with Gasteiger partial charge in [-0.2, -0.15) is 4.99 Å². The summed E-state index contributed by atoms with van der Waals surface area (Å²) >= 11 is 7.46. The highest BCUT2D eigenvalue weighted by Crippen LogP contribution is 2.22. The van der Waals surface area contributed by atoms with Gasteiger partial charge in [-0.3, -0.25) is 4.79 Å². The van der Waals surface area contributed by atoms with Gasteiger partial charge in [0.1, 0.15) is 0 Å². The number of amides is 1. The average Bonchev–Trinajstić information content (AvgIpc) is 3.04. The Hall–Kier alpha value is -2.00. The maximum atomic E-state index is 12.9. The van der Waals surface area contributed by atoms with Crippen LogP contribution >= 0.6 is 22.9 Å². The number of nitrogens with zero attached hydrogens (tertiary/aromatic N) is 2. The predicted molar refractivity (Wildman–Crippen MR) is 120 cm³/mol. The van der Waals surface area contributed by atoms with Crippen LogP contribution in [-0.4, -0.2) is 37.4 Å². The Morgan fingerprint density at radius 3 is 2.70 bits per heavy atom. The normalized spacial score (nSPS) is 12.8. The van der Waals surface area contributed by atoms with Crippen molar-refractivity contribution in [3.05, 3.63) is 57.9 Å². The average molecular weight is 467 g/mol. The van der Waals surface area contributed by atoms with E-state index in [2.05, 4.69) is 4.99 Å². The van der Waals surface area contributed by atoms with Gasteiger partial charge in [-0.05, 0) is 57.2 Å². The second-order valence-electron chi connectivity index (χ2n) is 6.88. The minimum absolute atomic E-state index is 0.117. The number of benzene rings is 2. The van der Waals surface area contributed by atoms with Crippen LogP contribution in [0, 0.1) is 0 Å². The van der Waals surface area contributed by atoms with E-state index in [1.54, 1.807) is 32.0 Å². The fourth-order valence-corrected chi connectivity index (χ4v) is 5.31. The van der Waals surface area contributed by atoms with Crippen molar-refractivity contribution in [2.45, 2.75) is 37.5 Å². The highest BCUT2D eigenvalue weighted by molar-refractivity contribution is 7.92. The van der Waals surface area contributed by atoms with Gasteiger partial charge in [0.2, 0.25) is 0 Å². The molecule has 9 heteroatoms. The lowest BCUT2D eigenvalue weighted by atomic mass is 10.2. The van der Waals surface area contributed by atoms with Crippen molar-refractivity contribution in [3.63, 3.8) is 0 Å². The molecule has 160 valence electrons. The summed E-state index contributed by atoms with van der Waals surface area (Å²) < 4.78 is 33.2. The van der Waals surface area contributed by atoms with E-state index in [9.17, 15) is 13.2 Å². The van der Waals surface area contributed by atoms with Crippen LogP contribution in [-0.2, 0) is 21.1 Å². The van der Waals surface area contributed by atoms with Gasteiger partial charge in [0.05, 0.1) is 27.0 Å². The number of carbonyl (C=O) groups is 1. The molecule has 0 aliphatic carbocycles. The topological polar surface area (TPSA) is 77.7 Å². The number of hydrogen-bond acceptors (Lipinski definition) is 5. The summed E-state index contributed by atoms with van der Waals surface area (Å²) in [6.45, 7) is 6.74. The summed E-state index contributed by atoms with van der Waals surface area (Å²) in [5, 5.41) is 0.0260. The number of aromatic nitrogens is 1. The van der Waals surface area contributed by atoms with Gasteiger partial charge in [0, 0.05) is 23.7 Å². The number of hydrogen-bond donors (Lipinski definition) is 0. The van der Waals surface area contributed by atoms with E-state index in [0.717, 1.165) is 10.2 Å². The first-order valence-electron chi connectivity index (χ1n) is 9.53. The molecule has 0 aliphatic rings. The maximum absolute atomic E-state index is 12.9. The number of thiazole rings is 1. The van der Waals surface area contributed by atoms with Crippen molar-refractivity contribution < 1.29 is 17.9 Å². The first-order valence-corrected chi connectivity index (χ1v) is 12.3. The van der Waals surface area contributed by atoms with Crippen molar-refractivity contribution >= 4 is 48.9 Å². The van der Waals surface area contributed by atoms with Gasteiger partial charge in [-0.25, -0.2) is 8.42 Å². The van der Waals surface area contributed by atoms with E-state index < -0.39 is 21.0 Å². The van der Waals surface area contributed by atoms with Crippen molar-refractivity contribution in [1.29, 1.82) is 0 Å². The molecule has 1 aromatic heterocycles. The molecule has 0 spiro atoms. The summed E-state index contributed by atoms with van der Waals surface area (Å²) in [5.41, 5.74) is 1.13. The molecule has 0 aliphatic heterocycles. The lowest BCUT2D eigenvalue weighted by Gasteiger charge is -2.08. The third-order valence-corrected chi connectivity index (χ3v) is 7.96. The van der Waals surface area contributed by atoms with Crippen LogP contribution in [0.4, 0.5) is 0 Å². The van der Waals surface area contributed by atoms with Crippen LogP contribution in [0.25, 0.3) is 10.2 Å². The monoisotopic (exact) mass is 466 g/mol. The van der Waals surface area contributed by atoms with Crippen LogP contribution in [0.1, 0.15) is 31.1 Å². The molecular weight excluding hydrogens is 444 g/mol. The molecule has 2 aromatic carbocycles. The third-order valence-electron chi connectivity index (χ3n) is 4.54. The zero-order valence-corrected chi connectivity index (χ0v) is 19.4. The summed E-state index contributed by atoms with van der Waals surface area (Å²) in [6.07, 6.45) is 0. The summed E-state index contributed by atoms with van der Waals surface area (Å²) in [5.74, 6) is -0.501. The zero-order valence-electron chi connectivity index (χ0n) is 17.0. The van der Waals surface area contributed by atoms with Gasteiger partial charge in [0.15, 0.2) is 14.6 Å². The molecule has 1 amide bonds. The molecule has 0 saturated carbocycles. The fraction of sp³-hybridized carbons (Fsp3) is 0.333. The standard InChI is InChI=1S/C21H23ClN2O4S2/c1-4-28-11-10-24-18-9-8-16(22)13-19(18)29-21(24)23-20(25)15-6-5-7-17(12-15)30(26,27)14(2)3/h5-9,12-14H,4,10-11H2,1-3H3. The van der Waals surface area contributed by atoms with Gasteiger partial charge in [-0.1, -0.05) is 29.0 Å². The Bertz CT molecular complexity index is 1240. The van der Waals surface area contributed by atoms with E-state index >= 15 is 0 Å². The zero-order chi connectivity index (χ0) is 21.9. The maximum Gasteiger partial charge on any atom is 0.279 e. The molecule has 0 radical (unpaired) electrons. The van der Waals surface area contributed by atoms with E-state index in [0.29, 0.717) is 29.6 Å². The number of sulfone groups is 1. The fourth-order valence-electron chi connectivity index (χ4n) is 2.88. The number of fused-ring (bicyclic) bond motifs is 1. The lowest BCUT2D eigenvalue weighted by Crippen LogP contribution is -2.20. The van der Waals surface area contributed by atoms with Crippen LogP contribution in [0.15, 0.2) is 52.4 Å². The lowest BCUT2D eigenvalue weighted by molar-refractivity contribution is 0.0996. The quantitative estimate of drug-likeness (QED) is 0.486. The van der Waals surface area contributed by atoms with E-state index in [1.807, 2.05) is 23.6 Å². The van der Waals surface area contributed by atoms with Gasteiger partial charge in [0.25, 0.3) is 5.91 Å². The van der Waals surface area contributed by atoms with Gasteiger partial charge >= 0.3 is 0 Å². The number of carbonyl (C=O) groups excluding carboxylic acids is 1. The third kappa shape index (κ3) is 4.83. The number of ether oxygens (including phenoxy) is 1. The SMILES string of the molecule is CCOCCn1c(=NC(=O)c2cccc(S(=O)(=O)C(C)C)c2)sc2cc(Cl)ccc21. The highest BCUT2D eigenvalue weighted by atomic mass is 35.5. The van der Waals surface area contributed by atoms with Crippen LogP contribution < -0.4 is 4.80 Å². The Labute approximate surface area is 184 Å².